The van der Waals surface area contributed by atoms with Crippen molar-refractivity contribution in [1.82, 2.24) is 0 Å². The van der Waals surface area contributed by atoms with Gasteiger partial charge in [-0.25, -0.2) is 16.8 Å². The van der Waals surface area contributed by atoms with Crippen LogP contribution in [0.4, 0.5) is 22.7 Å². The van der Waals surface area contributed by atoms with Crippen LogP contribution in [0.3, 0.4) is 0 Å². The molecule has 0 fully saturated rings. The van der Waals surface area contributed by atoms with E-state index in [1.54, 1.807) is 24.3 Å². The van der Waals surface area contributed by atoms with Crippen LogP contribution in [-0.2, 0) is 20.2 Å². The molecule has 10 nitrogen and oxygen atoms in total. The Bertz CT molecular complexity index is 1200. The third kappa shape index (κ3) is 5.84. The van der Waals surface area contributed by atoms with Gasteiger partial charge in [-0.3, -0.25) is 0 Å². The van der Waals surface area contributed by atoms with E-state index < -0.39 is 20.2 Å². The summed E-state index contributed by atoms with van der Waals surface area (Å²) < 4.78 is 65.3. The predicted octanol–water partition coefficient (Wildman–Crippen LogP) is 4.33. The zero-order valence-corrected chi connectivity index (χ0v) is 16.6. The van der Waals surface area contributed by atoms with Crippen LogP contribution in [0, 0.1) is 0 Å². The lowest BCUT2D eigenvalue weighted by molar-refractivity contribution is 0.461. The summed E-state index contributed by atoms with van der Waals surface area (Å²) in [6.07, 6.45) is 0. The average Bonchev–Trinajstić information content (AvgIpc) is 2.71. The molecule has 0 saturated heterocycles. The molecular weight excluding hydrogens is 432 g/mol. The lowest BCUT2D eigenvalue weighted by Gasteiger charge is -2.05. The molecule has 0 aliphatic heterocycles. The fourth-order valence-corrected chi connectivity index (χ4v) is 3.11. The van der Waals surface area contributed by atoms with E-state index in [4.69, 9.17) is 0 Å². The fourth-order valence-electron chi connectivity index (χ4n) is 2.18. The molecule has 0 N–H and O–H groups in total. The van der Waals surface area contributed by atoms with Crippen LogP contribution in [0.25, 0.3) is 0 Å². The molecule has 12 heteroatoms. The van der Waals surface area contributed by atoms with Gasteiger partial charge in [-0.1, -0.05) is 0 Å². The van der Waals surface area contributed by atoms with Crippen molar-refractivity contribution in [3.63, 3.8) is 0 Å². The molecule has 0 bridgehead atoms. The number of hydrogen-bond acceptors (Lipinski definition) is 10. The van der Waals surface area contributed by atoms with Crippen LogP contribution in [0.1, 0.15) is 0 Å². The van der Waals surface area contributed by atoms with Gasteiger partial charge >= 0.3 is 0 Å². The van der Waals surface area contributed by atoms with Gasteiger partial charge in [-0.05, 0) is 72.8 Å². The molecule has 154 valence electrons. The highest BCUT2D eigenvalue weighted by Crippen LogP contribution is 2.24. The van der Waals surface area contributed by atoms with Gasteiger partial charge in [0.1, 0.15) is 20.2 Å². The number of rotatable bonds is 6. The third-order valence-electron chi connectivity index (χ3n) is 3.66. The zero-order chi connectivity index (χ0) is 21.8. The SMILES string of the molecule is O=S(=O)([O-])c1ccc(N=Nc2ccc(N=Nc3ccc(S(=O)(=O)[O-])cc3)cc2)cc1. The van der Waals surface area contributed by atoms with Crippen molar-refractivity contribution in [1.29, 1.82) is 0 Å². The van der Waals surface area contributed by atoms with Gasteiger partial charge in [0.25, 0.3) is 0 Å². The van der Waals surface area contributed by atoms with E-state index in [1.807, 2.05) is 0 Å². The molecule has 0 amide bonds. The Labute approximate surface area is 172 Å². The summed E-state index contributed by atoms with van der Waals surface area (Å²) in [6.45, 7) is 0. The first-order valence-corrected chi connectivity index (χ1v) is 11.0. The molecule has 0 aliphatic rings. The van der Waals surface area contributed by atoms with Crippen molar-refractivity contribution in [3.8, 4) is 0 Å². The van der Waals surface area contributed by atoms with E-state index in [0.717, 1.165) is 24.3 Å². The second-order valence-corrected chi connectivity index (χ2v) is 8.57. The van der Waals surface area contributed by atoms with Crippen molar-refractivity contribution in [3.05, 3.63) is 72.8 Å². The third-order valence-corrected chi connectivity index (χ3v) is 5.36. The Morgan fingerprint density at radius 3 is 0.833 bits per heavy atom. The topological polar surface area (TPSA) is 164 Å². The summed E-state index contributed by atoms with van der Waals surface area (Å²) in [5.74, 6) is 0. The van der Waals surface area contributed by atoms with Crippen LogP contribution in [0.2, 0.25) is 0 Å². The van der Waals surface area contributed by atoms with Crippen molar-refractivity contribution in [2.75, 3.05) is 0 Å². The summed E-state index contributed by atoms with van der Waals surface area (Å²) >= 11 is 0. The molecule has 0 radical (unpaired) electrons. The molecule has 30 heavy (non-hydrogen) atoms. The van der Waals surface area contributed by atoms with Gasteiger partial charge in [0.2, 0.25) is 0 Å². The van der Waals surface area contributed by atoms with Gasteiger partial charge in [0.15, 0.2) is 0 Å². The molecule has 0 atom stereocenters. The van der Waals surface area contributed by atoms with E-state index >= 15 is 0 Å². The zero-order valence-electron chi connectivity index (χ0n) is 15.0. The first kappa shape index (κ1) is 21.4. The maximum Gasteiger partial charge on any atom is 0.124 e. The summed E-state index contributed by atoms with van der Waals surface area (Å²) in [6, 6.07) is 16.6. The monoisotopic (exact) mass is 444 g/mol. The van der Waals surface area contributed by atoms with E-state index in [2.05, 4.69) is 20.5 Å². The van der Waals surface area contributed by atoms with Crippen LogP contribution in [0.5, 0.6) is 0 Å². The Balaban J connectivity index is 1.66. The minimum atomic E-state index is -4.51. The first-order valence-electron chi connectivity index (χ1n) is 8.17. The molecule has 3 rings (SSSR count). The van der Waals surface area contributed by atoms with Gasteiger partial charge in [-0.15, -0.1) is 0 Å². The van der Waals surface area contributed by atoms with Crippen molar-refractivity contribution in [2.24, 2.45) is 20.5 Å². The Morgan fingerprint density at radius 1 is 0.433 bits per heavy atom. The van der Waals surface area contributed by atoms with Crippen LogP contribution >= 0.6 is 0 Å². The standard InChI is InChI=1S/C18H14N4O6S2/c23-29(24,25)17-9-5-15(6-10-17)21-19-13-1-2-14(4-3-13)20-22-16-7-11-18(12-8-16)30(26,27)28/h1-12H,(H,23,24,25)(H,26,27,28)/p-2. The van der Waals surface area contributed by atoms with Gasteiger partial charge in [0, 0.05) is 0 Å². The van der Waals surface area contributed by atoms with E-state index in [-0.39, 0.29) is 9.79 Å². The van der Waals surface area contributed by atoms with Crippen LogP contribution < -0.4 is 0 Å². The summed E-state index contributed by atoms with van der Waals surface area (Å²) in [7, 11) is -9.02. The molecule has 0 saturated carbocycles. The highest BCUT2D eigenvalue weighted by Gasteiger charge is 2.01. The maximum absolute atomic E-state index is 10.9. The van der Waals surface area contributed by atoms with Gasteiger partial charge in [-0.2, -0.15) is 20.5 Å². The lowest BCUT2D eigenvalue weighted by atomic mass is 10.3. The predicted molar refractivity (Wildman–Crippen MR) is 104 cm³/mol. The van der Waals surface area contributed by atoms with E-state index in [1.165, 1.54) is 24.3 Å². The molecule has 3 aromatic rings. The number of hydrogen-bond donors (Lipinski definition) is 0. The molecule has 0 aliphatic carbocycles. The van der Waals surface area contributed by atoms with Crippen LogP contribution in [0.15, 0.2) is 103 Å². The van der Waals surface area contributed by atoms with Crippen LogP contribution in [-0.4, -0.2) is 25.9 Å². The minimum absolute atomic E-state index is 0.347. The first-order chi connectivity index (χ1) is 14.1. The summed E-state index contributed by atoms with van der Waals surface area (Å²) in [5, 5.41) is 15.9. The van der Waals surface area contributed by atoms with Gasteiger partial charge in [0.05, 0.1) is 32.5 Å². The molecule has 3 aromatic carbocycles. The Morgan fingerprint density at radius 2 is 0.633 bits per heavy atom. The molecule has 0 aromatic heterocycles. The smallest absolute Gasteiger partial charge is 0.124 e. The second kappa shape index (κ2) is 8.59. The lowest BCUT2D eigenvalue weighted by Crippen LogP contribution is -1.97. The van der Waals surface area contributed by atoms with Gasteiger partial charge < -0.3 is 9.11 Å². The van der Waals surface area contributed by atoms with E-state index in [9.17, 15) is 25.9 Å². The second-order valence-electron chi connectivity index (χ2n) is 5.81. The highest BCUT2D eigenvalue weighted by molar-refractivity contribution is 7.86. The van der Waals surface area contributed by atoms with E-state index in [0.29, 0.717) is 22.7 Å². The normalized spacial score (nSPS) is 12.6. The molecular formula is C18H12N4O6S2-2. The fraction of sp³-hybridized carbons (Fsp3) is 0. The summed E-state index contributed by atoms with van der Waals surface area (Å²) in [4.78, 5) is -0.694. The minimum Gasteiger partial charge on any atom is -0.744 e. The Hall–Kier alpha value is -3.32. The number of nitrogens with zero attached hydrogens (tertiary/aromatic N) is 4. The Kier molecular flexibility index (Phi) is 6.12. The maximum atomic E-state index is 10.9. The number of azo groups is 2. The van der Waals surface area contributed by atoms with Crippen molar-refractivity contribution >= 4 is 43.0 Å². The number of benzene rings is 3. The highest BCUT2D eigenvalue weighted by atomic mass is 32.2. The molecule has 0 spiro atoms. The molecule has 0 unspecified atom stereocenters. The largest absolute Gasteiger partial charge is 0.744 e. The quantitative estimate of drug-likeness (QED) is 0.405. The molecule has 0 heterocycles. The van der Waals surface area contributed by atoms with Crippen molar-refractivity contribution < 1.29 is 25.9 Å². The summed E-state index contributed by atoms with van der Waals surface area (Å²) in [5.41, 5.74) is 1.74. The van der Waals surface area contributed by atoms with Crippen molar-refractivity contribution in [2.45, 2.75) is 9.79 Å². The average molecular weight is 444 g/mol.